The van der Waals surface area contributed by atoms with Crippen LogP contribution < -0.4 is 10.1 Å². The van der Waals surface area contributed by atoms with Gasteiger partial charge in [-0.15, -0.1) is 0 Å². The molecule has 0 radical (unpaired) electrons. The predicted molar refractivity (Wildman–Crippen MR) is 87.9 cm³/mol. The molecule has 0 spiro atoms. The molecule has 0 aromatic carbocycles. The van der Waals surface area contributed by atoms with E-state index in [2.05, 4.69) is 35.1 Å². The van der Waals surface area contributed by atoms with Crippen molar-refractivity contribution in [3.8, 4) is 5.88 Å². The summed E-state index contributed by atoms with van der Waals surface area (Å²) in [5.74, 6) is 1.40. The molecule has 1 N–H and O–H groups in total. The summed E-state index contributed by atoms with van der Waals surface area (Å²) in [5, 5.41) is 3.62. The fourth-order valence-corrected chi connectivity index (χ4v) is 2.97. The number of anilines is 1. The Morgan fingerprint density at radius 1 is 1.43 bits per heavy atom. The van der Waals surface area contributed by atoms with Crippen LogP contribution in [0.1, 0.15) is 40.5 Å². The van der Waals surface area contributed by atoms with Gasteiger partial charge in [-0.25, -0.2) is 4.98 Å². The molecule has 1 fully saturated rings. The minimum absolute atomic E-state index is 0.140. The molecule has 1 aromatic rings. The van der Waals surface area contributed by atoms with Crippen molar-refractivity contribution in [2.45, 2.75) is 52.7 Å². The van der Waals surface area contributed by atoms with Crippen LogP contribution in [0.2, 0.25) is 0 Å². The van der Waals surface area contributed by atoms with Crippen molar-refractivity contribution in [2.24, 2.45) is 5.92 Å². The Morgan fingerprint density at radius 2 is 2.24 bits per heavy atom. The van der Waals surface area contributed by atoms with Gasteiger partial charge in [0.2, 0.25) is 5.88 Å². The lowest BCUT2D eigenvalue weighted by Gasteiger charge is -2.35. The molecule has 1 aliphatic rings. The number of hydrogen-bond donors (Lipinski definition) is 1. The molecule has 21 heavy (non-hydrogen) atoms. The molecule has 0 bridgehead atoms. The molecule has 1 aliphatic heterocycles. The maximum Gasteiger partial charge on any atom is 0.237 e. The average molecular weight is 291 g/mol. The van der Waals surface area contributed by atoms with Crippen LogP contribution in [0.5, 0.6) is 5.88 Å². The van der Waals surface area contributed by atoms with Crippen molar-refractivity contribution < 1.29 is 4.74 Å². The monoisotopic (exact) mass is 291 g/mol. The summed E-state index contributed by atoms with van der Waals surface area (Å²) in [4.78, 5) is 6.90. The lowest BCUT2D eigenvalue weighted by molar-refractivity contribution is 0.172. The highest BCUT2D eigenvalue weighted by Gasteiger charge is 2.24. The van der Waals surface area contributed by atoms with Crippen molar-refractivity contribution in [2.75, 3.05) is 25.0 Å². The van der Waals surface area contributed by atoms with Gasteiger partial charge >= 0.3 is 0 Å². The van der Waals surface area contributed by atoms with E-state index < -0.39 is 0 Å². The van der Waals surface area contributed by atoms with Gasteiger partial charge in [0.05, 0.1) is 11.8 Å². The second-order valence-corrected chi connectivity index (χ2v) is 6.25. The second kappa shape index (κ2) is 7.64. The van der Waals surface area contributed by atoms with Gasteiger partial charge in [-0.05, 0) is 64.8 Å². The fourth-order valence-electron chi connectivity index (χ4n) is 2.97. The molecule has 0 aliphatic carbocycles. The molecular formula is C17H29N3O. The number of hydrogen-bond acceptors (Lipinski definition) is 4. The molecule has 1 saturated heterocycles. The van der Waals surface area contributed by atoms with E-state index in [9.17, 15) is 0 Å². The van der Waals surface area contributed by atoms with Gasteiger partial charge in [0.1, 0.15) is 0 Å². The van der Waals surface area contributed by atoms with E-state index in [1.807, 2.05) is 19.9 Å². The van der Waals surface area contributed by atoms with Gasteiger partial charge in [0, 0.05) is 18.8 Å². The zero-order valence-electron chi connectivity index (χ0n) is 13.8. The SMILES string of the molecule is CCN1CCCC(C(C)Nc2cccnc2OC(C)C)C1. The summed E-state index contributed by atoms with van der Waals surface area (Å²) < 4.78 is 5.79. The van der Waals surface area contributed by atoms with Crippen molar-refractivity contribution in [1.29, 1.82) is 0 Å². The zero-order valence-corrected chi connectivity index (χ0v) is 13.8. The highest BCUT2D eigenvalue weighted by Crippen LogP contribution is 2.26. The van der Waals surface area contributed by atoms with Crippen molar-refractivity contribution in [3.63, 3.8) is 0 Å². The van der Waals surface area contributed by atoms with E-state index in [1.54, 1.807) is 6.20 Å². The van der Waals surface area contributed by atoms with E-state index >= 15 is 0 Å². The summed E-state index contributed by atoms with van der Waals surface area (Å²) in [6, 6.07) is 4.45. The van der Waals surface area contributed by atoms with Gasteiger partial charge in [0.15, 0.2) is 0 Å². The quantitative estimate of drug-likeness (QED) is 0.871. The molecule has 2 unspecified atom stereocenters. The topological polar surface area (TPSA) is 37.4 Å². The molecule has 1 aromatic heterocycles. The maximum atomic E-state index is 5.79. The first-order valence-electron chi connectivity index (χ1n) is 8.20. The van der Waals surface area contributed by atoms with Crippen LogP contribution >= 0.6 is 0 Å². The Labute approximate surface area is 128 Å². The van der Waals surface area contributed by atoms with E-state index in [-0.39, 0.29) is 6.10 Å². The lowest BCUT2D eigenvalue weighted by Crippen LogP contribution is -2.41. The van der Waals surface area contributed by atoms with Crippen LogP contribution in [0.3, 0.4) is 0 Å². The summed E-state index contributed by atoms with van der Waals surface area (Å²) in [7, 11) is 0. The molecule has 4 nitrogen and oxygen atoms in total. The molecule has 2 rings (SSSR count). The van der Waals surface area contributed by atoms with E-state index in [1.165, 1.54) is 25.9 Å². The van der Waals surface area contributed by atoms with Crippen LogP contribution in [0.15, 0.2) is 18.3 Å². The maximum absolute atomic E-state index is 5.79. The normalized spacial score (nSPS) is 21.3. The highest BCUT2D eigenvalue weighted by atomic mass is 16.5. The molecule has 0 amide bonds. The molecular weight excluding hydrogens is 262 g/mol. The Hall–Kier alpha value is -1.29. The van der Waals surface area contributed by atoms with E-state index in [0.29, 0.717) is 17.8 Å². The van der Waals surface area contributed by atoms with Crippen LogP contribution in [0, 0.1) is 5.92 Å². The molecule has 118 valence electrons. The Bertz CT molecular complexity index is 436. The third-order valence-electron chi connectivity index (χ3n) is 4.20. The van der Waals surface area contributed by atoms with Gasteiger partial charge in [-0.3, -0.25) is 0 Å². The van der Waals surface area contributed by atoms with Crippen LogP contribution in [-0.2, 0) is 0 Å². The second-order valence-electron chi connectivity index (χ2n) is 6.25. The number of pyridine rings is 1. The van der Waals surface area contributed by atoms with Gasteiger partial charge < -0.3 is 15.0 Å². The molecule has 0 saturated carbocycles. The fraction of sp³-hybridized carbons (Fsp3) is 0.706. The minimum Gasteiger partial charge on any atom is -0.473 e. The predicted octanol–water partition coefficient (Wildman–Crippen LogP) is 3.40. The van der Waals surface area contributed by atoms with Crippen molar-refractivity contribution in [3.05, 3.63) is 18.3 Å². The number of nitrogens with one attached hydrogen (secondary N) is 1. The summed E-state index contributed by atoms with van der Waals surface area (Å²) in [6.07, 6.45) is 4.52. The summed E-state index contributed by atoms with van der Waals surface area (Å²) in [6.45, 7) is 12.2. The van der Waals surface area contributed by atoms with Crippen molar-refractivity contribution >= 4 is 5.69 Å². The smallest absolute Gasteiger partial charge is 0.237 e. The molecule has 2 heterocycles. The third-order valence-corrected chi connectivity index (χ3v) is 4.20. The first-order chi connectivity index (χ1) is 10.1. The Morgan fingerprint density at radius 3 is 2.95 bits per heavy atom. The van der Waals surface area contributed by atoms with Gasteiger partial charge in [-0.2, -0.15) is 0 Å². The van der Waals surface area contributed by atoms with Crippen LogP contribution in [0.25, 0.3) is 0 Å². The van der Waals surface area contributed by atoms with E-state index in [4.69, 9.17) is 4.74 Å². The number of rotatable bonds is 6. The zero-order chi connectivity index (χ0) is 15.2. The Kier molecular flexibility index (Phi) is 5.85. The number of aromatic nitrogens is 1. The summed E-state index contributed by atoms with van der Waals surface area (Å²) in [5.41, 5.74) is 1.01. The van der Waals surface area contributed by atoms with Crippen molar-refractivity contribution in [1.82, 2.24) is 9.88 Å². The van der Waals surface area contributed by atoms with E-state index in [0.717, 1.165) is 12.2 Å². The molecule has 4 heteroatoms. The summed E-state index contributed by atoms with van der Waals surface area (Å²) >= 11 is 0. The minimum atomic E-state index is 0.140. The first kappa shape index (κ1) is 16.1. The number of likely N-dealkylation sites (tertiary alicyclic amines) is 1. The number of ether oxygens (including phenoxy) is 1. The largest absolute Gasteiger partial charge is 0.473 e. The molecule has 2 atom stereocenters. The average Bonchev–Trinajstić information content (AvgIpc) is 2.48. The lowest BCUT2D eigenvalue weighted by atomic mass is 9.91. The standard InChI is InChI=1S/C17H29N3O/c1-5-20-11-7-8-15(12-20)14(4)19-16-9-6-10-18-17(16)21-13(2)3/h6,9-10,13-15,19H,5,7-8,11-12H2,1-4H3. The van der Waals surface area contributed by atoms with Crippen LogP contribution in [-0.4, -0.2) is 41.7 Å². The first-order valence-corrected chi connectivity index (χ1v) is 8.20. The number of piperidine rings is 1. The van der Waals surface area contributed by atoms with Crippen LogP contribution in [0.4, 0.5) is 5.69 Å². The van der Waals surface area contributed by atoms with Gasteiger partial charge in [-0.1, -0.05) is 6.92 Å². The highest BCUT2D eigenvalue weighted by molar-refractivity contribution is 5.52. The Balaban J connectivity index is 2.00. The third kappa shape index (κ3) is 4.60. The van der Waals surface area contributed by atoms with Gasteiger partial charge in [0.25, 0.3) is 0 Å². The number of nitrogens with zero attached hydrogens (tertiary/aromatic N) is 2.